The summed E-state index contributed by atoms with van der Waals surface area (Å²) in [6.07, 6.45) is 16.7. The maximum absolute atomic E-state index is 4.58. The summed E-state index contributed by atoms with van der Waals surface area (Å²) in [5.74, 6) is 4.17. The van der Waals surface area contributed by atoms with Gasteiger partial charge < -0.3 is 5.32 Å². The lowest BCUT2D eigenvalue weighted by atomic mass is 9.32. The molecule has 0 radical (unpaired) electrons. The summed E-state index contributed by atoms with van der Waals surface area (Å²) in [6.45, 7) is 27.5. The zero-order valence-electron chi connectivity index (χ0n) is 24.7. The van der Waals surface area contributed by atoms with Gasteiger partial charge in [0.25, 0.3) is 0 Å². The van der Waals surface area contributed by atoms with E-state index >= 15 is 0 Å². The molecule has 0 aromatic carbocycles. The zero-order chi connectivity index (χ0) is 25.4. The lowest BCUT2D eigenvalue weighted by molar-refractivity contribution is -0.226. The van der Waals surface area contributed by atoms with Gasteiger partial charge in [0.15, 0.2) is 0 Å². The van der Waals surface area contributed by atoms with Crippen LogP contribution >= 0.6 is 0 Å². The molecule has 9 atom stereocenters. The van der Waals surface area contributed by atoms with Gasteiger partial charge in [0.2, 0.25) is 0 Å². The molecule has 4 saturated carbocycles. The molecule has 0 amide bonds. The molecule has 4 fully saturated rings. The second-order valence-electron chi connectivity index (χ2n) is 15.5. The number of allylic oxidation sites excluding steroid dienone is 3. The Morgan fingerprint density at radius 1 is 0.943 bits per heavy atom. The number of hydrogen-bond donors (Lipinski definition) is 1. The Bertz CT molecular complexity index is 881. The van der Waals surface area contributed by atoms with Crippen molar-refractivity contribution in [2.75, 3.05) is 13.1 Å². The maximum Gasteiger partial charge on any atom is 0.00108 e. The van der Waals surface area contributed by atoms with Crippen molar-refractivity contribution < 1.29 is 0 Å². The van der Waals surface area contributed by atoms with Crippen molar-refractivity contribution in [3.05, 3.63) is 23.8 Å². The molecule has 1 N–H and O–H groups in total. The van der Waals surface area contributed by atoms with Crippen molar-refractivity contribution in [1.82, 2.24) is 5.32 Å². The Balaban J connectivity index is 1.52. The summed E-state index contributed by atoms with van der Waals surface area (Å²) in [4.78, 5) is 0. The monoisotopic (exact) mass is 479 g/mol. The second kappa shape index (κ2) is 8.47. The molecule has 0 aromatic heterocycles. The summed E-state index contributed by atoms with van der Waals surface area (Å²) < 4.78 is 0. The van der Waals surface area contributed by atoms with Crippen LogP contribution in [0.5, 0.6) is 0 Å². The lowest BCUT2D eigenvalue weighted by Crippen LogP contribution is -2.65. The van der Waals surface area contributed by atoms with Gasteiger partial charge in [-0.3, -0.25) is 0 Å². The third-order valence-electron chi connectivity index (χ3n) is 14.1. The van der Waals surface area contributed by atoms with E-state index in [0.29, 0.717) is 27.1 Å². The molecule has 0 heterocycles. The summed E-state index contributed by atoms with van der Waals surface area (Å²) in [6, 6.07) is 0. The van der Waals surface area contributed by atoms with Gasteiger partial charge in [-0.25, -0.2) is 0 Å². The van der Waals surface area contributed by atoms with Crippen LogP contribution in [0.1, 0.15) is 120 Å². The van der Waals surface area contributed by atoms with Crippen LogP contribution in [0.3, 0.4) is 0 Å². The minimum Gasteiger partial charge on any atom is -0.316 e. The smallest absolute Gasteiger partial charge is 0.00108 e. The Kier molecular flexibility index (Phi) is 6.31. The van der Waals surface area contributed by atoms with Gasteiger partial charge in [-0.05, 0) is 141 Å². The Morgan fingerprint density at radius 2 is 1.69 bits per heavy atom. The minimum absolute atomic E-state index is 0.356. The average molecular weight is 480 g/mol. The maximum atomic E-state index is 4.58. The Morgan fingerprint density at radius 3 is 2.37 bits per heavy atom. The van der Waals surface area contributed by atoms with E-state index in [1.807, 2.05) is 0 Å². The van der Waals surface area contributed by atoms with Crippen molar-refractivity contribution in [1.29, 1.82) is 0 Å². The largest absolute Gasteiger partial charge is 0.316 e. The van der Waals surface area contributed by atoms with E-state index in [-0.39, 0.29) is 0 Å². The molecule has 0 bridgehead atoms. The van der Waals surface area contributed by atoms with Crippen LogP contribution in [0.15, 0.2) is 23.8 Å². The van der Waals surface area contributed by atoms with Crippen molar-refractivity contribution in [2.24, 2.45) is 56.7 Å². The molecule has 0 unspecified atom stereocenters. The Labute approximate surface area is 218 Å². The Hall–Kier alpha value is -0.560. The predicted octanol–water partition coefficient (Wildman–Crippen LogP) is 9.20. The lowest BCUT2D eigenvalue weighted by Gasteiger charge is -2.72. The average Bonchev–Trinajstić information content (AvgIpc) is 3.17. The third kappa shape index (κ3) is 3.41. The van der Waals surface area contributed by atoms with Crippen LogP contribution in [0.25, 0.3) is 0 Å². The highest BCUT2D eigenvalue weighted by Crippen LogP contribution is 2.77. The van der Waals surface area contributed by atoms with Crippen LogP contribution in [0.4, 0.5) is 0 Å². The van der Waals surface area contributed by atoms with E-state index < -0.39 is 0 Å². The van der Waals surface area contributed by atoms with E-state index in [1.165, 1.54) is 82.9 Å². The van der Waals surface area contributed by atoms with Crippen LogP contribution in [0, 0.1) is 56.7 Å². The van der Waals surface area contributed by atoms with E-state index in [9.17, 15) is 0 Å². The minimum atomic E-state index is 0.356. The van der Waals surface area contributed by atoms with Gasteiger partial charge in [0, 0.05) is 6.54 Å². The first kappa shape index (κ1) is 26.1. The fraction of sp³-hybridized carbons (Fsp3) is 0.882. The van der Waals surface area contributed by atoms with Gasteiger partial charge in [0.1, 0.15) is 0 Å². The SMILES string of the molecule is C=C(C)[C@@H]1CC[C@]2(CNCCC)CC[C@]3(C)[C@H](CC[C@@H]4[C@@]5(C)CC=C(C)C(C)(C)[C@@H]5CC[C@]43C)[C@@H]12. The fourth-order valence-electron chi connectivity index (χ4n) is 11.9. The highest BCUT2D eigenvalue weighted by Gasteiger charge is 2.70. The number of rotatable bonds is 5. The predicted molar refractivity (Wildman–Crippen MR) is 151 cm³/mol. The molecule has 0 aliphatic heterocycles. The molecule has 5 aliphatic carbocycles. The molecule has 0 saturated heterocycles. The third-order valence-corrected chi connectivity index (χ3v) is 14.1. The van der Waals surface area contributed by atoms with Crippen molar-refractivity contribution in [3.8, 4) is 0 Å². The first-order valence-corrected chi connectivity index (χ1v) is 15.4. The molecular formula is C34H57N. The summed E-state index contributed by atoms with van der Waals surface area (Å²) in [5, 5.41) is 3.92. The van der Waals surface area contributed by atoms with Gasteiger partial charge >= 0.3 is 0 Å². The normalized spacial score (nSPS) is 50.4. The topological polar surface area (TPSA) is 12.0 Å². The van der Waals surface area contributed by atoms with E-state index in [1.54, 1.807) is 5.57 Å². The van der Waals surface area contributed by atoms with Crippen molar-refractivity contribution in [3.63, 3.8) is 0 Å². The number of nitrogens with one attached hydrogen (secondary N) is 1. The molecule has 198 valence electrons. The quantitative estimate of drug-likeness (QED) is 0.306. The summed E-state index contributed by atoms with van der Waals surface area (Å²) >= 11 is 0. The standard InChI is InChI=1S/C34H57N/c1-10-21-35-22-34-18-14-25(23(2)3)29(34)26-11-12-28-31(7)16-13-24(4)30(5,6)27(31)15-17-33(28,9)32(26,8)19-20-34/h13,25-29,35H,2,10-12,14-22H2,1,3-9H3/t25-,26+,27-,28+,29+,31-,32+,33+,34+/m0/s1. The van der Waals surface area contributed by atoms with E-state index in [2.05, 4.69) is 73.4 Å². The fourth-order valence-corrected chi connectivity index (χ4v) is 11.9. The number of fused-ring (bicyclic) bond motifs is 7. The molecule has 1 nitrogen and oxygen atoms in total. The van der Waals surface area contributed by atoms with Gasteiger partial charge in [0.05, 0.1) is 0 Å². The first-order chi connectivity index (χ1) is 16.4. The molecule has 0 spiro atoms. The van der Waals surface area contributed by atoms with Gasteiger partial charge in [-0.1, -0.05) is 65.3 Å². The first-order valence-electron chi connectivity index (χ1n) is 15.4. The second-order valence-corrected chi connectivity index (χ2v) is 15.5. The molecule has 35 heavy (non-hydrogen) atoms. The van der Waals surface area contributed by atoms with E-state index in [4.69, 9.17) is 0 Å². The van der Waals surface area contributed by atoms with Crippen LogP contribution in [-0.4, -0.2) is 13.1 Å². The van der Waals surface area contributed by atoms with Gasteiger partial charge in [-0.15, -0.1) is 0 Å². The van der Waals surface area contributed by atoms with Crippen molar-refractivity contribution in [2.45, 2.75) is 120 Å². The van der Waals surface area contributed by atoms with Gasteiger partial charge in [-0.2, -0.15) is 0 Å². The number of hydrogen-bond acceptors (Lipinski definition) is 1. The van der Waals surface area contributed by atoms with Crippen LogP contribution < -0.4 is 5.32 Å². The molecule has 1 heteroatoms. The van der Waals surface area contributed by atoms with E-state index in [0.717, 1.165) is 29.6 Å². The molecule has 0 aromatic rings. The molecule has 5 rings (SSSR count). The highest BCUT2D eigenvalue weighted by atomic mass is 14.9. The summed E-state index contributed by atoms with van der Waals surface area (Å²) in [7, 11) is 0. The highest BCUT2D eigenvalue weighted by molar-refractivity contribution is 5.26. The molecular weight excluding hydrogens is 422 g/mol. The zero-order valence-corrected chi connectivity index (χ0v) is 24.7. The summed E-state index contributed by atoms with van der Waals surface area (Å²) in [5.41, 5.74) is 5.41. The van der Waals surface area contributed by atoms with Crippen molar-refractivity contribution >= 4 is 0 Å². The van der Waals surface area contributed by atoms with Crippen LogP contribution in [0.2, 0.25) is 0 Å². The molecule has 5 aliphatic rings. The van der Waals surface area contributed by atoms with Crippen LogP contribution in [-0.2, 0) is 0 Å².